The first kappa shape index (κ1) is 12.4. The van der Waals surface area contributed by atoms with Crippen LogP contribution in [0.4, 0.5) is 0 Å². The number of methoxy groups -OCH3 is 1. The highest BCUT2D eigenvalue weighted by atomic mass is 79.9. The van der Waals surface area contributed by atoms with Gasteiger partial charge in [0.05, 0.1) is 13.2 Å². The molecular weight excluding hydrogens is 282 g/mol. The molecule has 0 saturated carbocycles. The zero-order chi connectivity index (χ0) is 12.4. The lowest BCUT2D eigenvalue weighted by atomic mass is 10.0. The summed E-state index contributed by atoms with van der Waals surface area (Å²) >= 11 is 3.47. The van der Waals surface area contributed by atoms with Gasteiger partial charge in [-0.3, -0.25) is 4.79 Å². The van der Waals surface area contributed by atoms with Crippen molar-refractivity contribution in [2.45, 2.75) is 25.8 Å². The van der Waals surface area contributed by atoms with E-state index in [0.29, 0.717) is 0 Å². The van der Waals surface area contributed by atoms with E-state index in [4.69, 9.17) is 4.74 Å². The van der Waals surface area contributed by atoms with Gasteiger partial charge in [0.25, 0.3) is 0 Å². The van der Waals surface area contributed by atoms with Gasteiger partial charge in [-0.25, -0.2) is 0 Å². The van der Waals surface area contributed by atoms with Crippen LogP contribution in [0.25, 0.3) is 0 Å². The van der Waals surface area contributed by atoms with Gasteiger partial charge in [-0.2, -0.15) is 0 Å². The van der Waals surface area contributed by atoms with Gasteiger partial charge in [-0.15, -0.1) is 0 Å². The molecule has 1 fully saturated rings. The molecule has 0 aromatic heterocycles. The summed E-state index contributed by atoms with van der Waals surface area (Å²) < 4.78 is 6.40. The maximum absolute atomic E-state index is 11.6. The summed E-state index contributed by atoms with van der Waals surface area (Å²) in [4.78, 5) is 13.5. The van der Waals surface area contributed by atoms with Gasteiger partial charge in [-0.05, 0) is 31.0 Å². The first-order valence-electron chi connectivity index (χ1n) is 5.74. The van der Waals surface area contributed by atoms with E-state index >= 15 is 0 Å². The second-order valence-electron chi connectivity index (χ2n) is 4.26. The predicted molar refractivity (Wildman–Crippen MR) is 70.1 cm³/mol. The van der Waals surface area contributed by atoms with Crippen molar-refractivity contribution in [2.75, 3.05) is 13.7 Å². The number of halogens is 1. The fourth-order valence-electron chi connectivity index (χ4n) is 2.43. The van der Waals surface area contributed by atoms with Gasteiger partial charge < -0.3 is 9.64 Å². The molecule has 0 aliphatic carbocycles. The van der Waals surface area contributed by atoms with E-state index in [-0.39, 0.29) is 11.9 Å². The summed E-state index contributed by atoms with van der Waals surface area (Å²) in [5.41, 5.74) is 1.09. The van der Waals surface area contributed by atoms with Gasteiger partial charge in [0, 0.05) is 23.5 Å². The van der Waals surface area contributed by atoms with Crippen molar-refractivity contribution in [1.29, 1.82) is 0 Å². The summed E-state index contributed by atoms with van der Waals surface area (Å²) in [6.07, 6.45) is 2.06. The van der Waals surface area contributed by atoms with E-state index in [2.05, 4.69) is 15.9 Å². The largest absolute Gasteiger partial charge is 0.496 e. The van der Waals surface area contributed by atoms with Gasteiger partial charge in [0.15, 0.2) is 0 Å². The summed E-state index contributed by atoms with van der Waals surface area (Å²) in [7, 11) is 1.67. The molecule has 2 rings (SSSR count). The van der Waals surface area contributed by atoms with Crippen LogP contribution < -0.4 is 4.74 Å². The van der Waals surface area contributed by atoms with Crippen molar-refractivity contribution in [3.63, 3.8) is 0 Å². The lowest BCUT2D eigenvalue weighted by Crippen LogP contribution is -2.28. The van der Waals surface area contributed by atoms with Gasteiger partial charge >= 0.3 is 0 Å². The first-order chi connectivity index (χ1) is 8.13. The minimum Gasteiger partial charge on any atom is -0.496 e. The number of ether oxygens (including phenoxy) is 1. The molecule has 1 amide bonds. The number of rotatable bonds is 2. The molecule has 0 bridgehead atoms. The van der Waals surface area contributed by atoms with E-state index in [1.807, 2.05) is 23.1 Å². The Morgan fingerprint density at radius 1 is 1.53 bits per heavy atom. The number of hydrogen-bond donors (Lipinski definition) is 0. The average molecular weight is 298 g/mol. The molecule has 4 heteroatoms. The highest BCUT2D eigenvalue weighted by molar-refractivity contribution is 9.10. The molecule has 1 aliphatic rings. The molecular formula is C13H16BrNO2. The monoisotopic (exact) mass is 297 g/mol. The van der Waals surface area contributed by atoms with Crippen molar-refractivity contribution in [3.05, 3.63) is 28.2 Å². The molecule has 1 aromatic rings. The average Bonchev–Trinajstić information content (AvgIpc) is 2.77. The molecule has 0 radical (unpaired) electrons. The molecule has 1 heterocycles. The van der Waals surface area contributed by atoms with Crippen molar-refractivity contribution in [3.8, 4) is 5.75 Å². The maximum atomic E-state index is 11.6. The van der Waals surface area contributed by atoms with Crippen LogP contribution in [0.1, 0.15) is 31.4 Å². The quantitative estimate of drug-likeness (QED) is 0.839. The van der Waals surface area contributed by atoms with E-state index in [9.17, 15) is 4.79 Å². The standard InChI is InChI=1S/C13H16BrNO2/c1-9(16)15-7-3-4-12(15)11-8-10(14)5-6-13(11)17-2/h5-6,8,12H,3-4,7H2,1-2H3. The Morgan fingerprint density at radius 2 is 2.29 bits per heavy atom. The second-order valence-corrected chi connectivity index (χ2v) is 5.17. The van der Waals surface area contributed by atoms with Crippen LogP contribution in [0, 0.1) is 0 Å². The fourth-order valence-corrected chi connectivity index (χ4v) is 2.81. The maximum Gasteiger partial charge on any atom is 0.219 e. The van der Waals surface area contributed by atoms with Crippen molar-refractivity contribution in [1.82, 2.24) is 4.90 Å². The molecule has 1 unspecified atom stereocenters. The lowest BCUT2D eigenvalue weighted by molar-refractivity contribution is -0.129. The van der Waals surface area contributed by atoms with Gasteiger partial charge in [-0.1, -0.05) is 15.9 Å². The van der Waals surface area contributed by atoms with Crippen molar-refractivity contribution in [2.24, 2.45) is 0 Å². The first-order valence-corrected chi connectivity index (χ1v) is 6.53. The molecule has 0 spiro atoms. The Hall–Kier alpha value is -1.03. The summed E-state index contributed by atoms with van der Waals surface area (Å²) in [6, 6.07) is 6.09. The highest BCUT2D eigenvalue weighted by Gasteiger charge is 2.29. The van der Waals surface area contributed by atoms with Crippen LogP contribution in [-0.4, -0.2) is 24.5 Å². The third kappa shape index (κ3) is 2.46. The SMILES string of the molecule is COc1ccc(Br)cc1C1CCCN1C(C)=O. The Labute approximate surface area is 110 Å². The molecule has 17 heavy (non-hydrogen) atoms. The number of carbonyl (C=O) groups excluding carboxylic acids is 1. The number of amides is 1. The van der Waals surface area contributed by atoms with Crippen LogP contribution in [0.5, 0.6) is 5.75 Å². The van der Waals surface area contributed by atoms with E-state index in [1.165, 1.54) is 0 Å². The Balaban J connectivity index is 2.38. The van der Waals surface area contributed by atoms with Gasteiger partial charge in [0.2, 0.25) is 5.91 Å². The van der Waals surface area contributed by atoms with Crippen LogP contribution in [0.15, 0.2) is 22.7 Å². The molecule has 1 aromatic carbocycles. The Bertz CT molecular complexity index is 433. The molecule has 1 aliphatic heterocycles. The number of nitrogens with zero attached hydrogens (tertiary/aromatic N) is 1. The zero-order valence-corrected chi connectivity index (χ0v) is 11.7. The Kier molecular flexibility index (Phi) is 3.72. The fraction of sp³-hybridized carbons (Fsp3) is 0.462. The van der Waals surface area contributed by atoms with Gasteiger partial charge in [0.1, 0.15) is 5.75 Å². The zero-order valence-electron chi connectivity index (χ0n) is 10.1. The van der Waals surface area contributed by atoms with Crippen molar-refractivity contribution >= 4 is 21.8 Å². The van der Waals surface area contributed by atoms with Crippen LogP contribution in [0.3, 0.4) is 0 Å². The molecule has 3 nitrogen and oxygen atoms in total. The number of hydrogen-bond acceptors (Lipinski definition) is 2. The predicted octanol–water partition coefficient (Wildman–Crippen LogP) is 3.14. The summed E-state index contributed by atoms with van der Waals surface area (Å²) in [6.45, 7) is 2.47. The van der Waals surface area contributed by atoms with E-state index < -0.39 is 0 Å². The minimum absolute atomic E-state index is 0.134. The number of likely N-dealkylation sites (tertiary alicyclic amines) is 1. The normalized spacial score (nSPS) is 19.5. The third-order valence-electron chi connectivity index (χ3n) is 3.21. The topological polar surface area (TPSA) is 29.5 Å². The van der Waals surface area contributed by atoms with E-state index in [1.54, 1.807) is 14.0 Å². The number of carbonyl (C=O) groups is 1. The second kappa shape index (κ2) is 5.08. The number of benzene rings is 1. The smallest absolute Gasteiger partial charge is 0.219 e. The summed E-state index contributed by atoms with van der Waals surface area (Å²) in [5, 5.41) is 0. The molecule has 1 saturated heterocycles. The molecule has 0 N–H and O–H groups in total. The van der Waals surface area contributed by atoms with Crippen LogP contribution >= 0.6 is 15.9 Å². The summed E-state index contributed by atoms with van der Waals surface area (Å²) in [5.74, 6) is 0.987. The molecule has 1 atom stereocenters. The lowest BCUT2D eigenvalue weighted by Gasteiger charge is -2.25. The van der Waals surface area contributed by atoms with Crippen LogP contribution in [0.2, 0.25) is 0 Å². The van der Waals surface area contributed by atoms with E-state index in [0.717, 1.165) is 35.2 Å². The minimum atomic E-state index is 0.134. The molecule has 92 valence electrons. The third-order valence-corrected chi connectivity index (χ3v) is 3.70. The Morgan fingerprint density at radius 3 is 2.94 bits per heavy atom. The van der Waals surface area contributed by atoms with Crippen molar-refractivity contribution < 1.29 is 9.53 Å². The highest BCUT2D eigenvalue weighted by Crippen LogP contribution is 2.38. The van der Waals surface area contributed by atoms with Crippen LogP contribution in [-0.2, 0) is 4.79 Å².